The number of aromatic nitrogens is 5. The van der Waals surface area contributed by atoms with Gasteiger partial charge in [-0.15, -0.1) is 5.10 Å². The Bertz CT molecular complexity index is 1270. The van der Waals surface area contributed by atoms with Crippen LogP contribution in [-0.4, -0.2) is 67.5 Å². The average molecular weight is 490 g/mol. The van der Waals surface area contributed by atoms with Crippen LogP contribution in [0.15, 0.2) is 48.9 Å². The lowest BCUT2D eigenvalue weighted by Crippen LogP contribution is -2.38. The molecule has 3 N–H and O–H groups in total. The third-order valence-electron chi connectivity index (χ3n) is 6.33. The number of aliphatic hydroxyl groups is 1. The molecule has 5 rings (SSSR count). The molecule has 0 radical (unpaired) electrons. The summed E-state index contributed by atoms with van der Waals surface area (Å²) >= 11 is 0. The standard InChI is InChI=1S/C26H31N7O3/c1-2-18-15-19(6-7-22(18)36-16-20-5-3-4-10-27-20)30-24-23-25(29-17-28-24)31-32-26(23)35-14-13-33-11-8-21(34)9-12-33/h3-7,10,15,17,21,34H,2,8-9,11-14,16H2,1H3,(H2,28,29,30,31,32). The van der Waals surface area contributed by atoms with Gasteiger partial charge in [0.25, 0.3) is 0 Å². The molecule has 10 heteroatoms. The molecule has 0 amide bonds. The van der Waals surface area contributed by atoms with E-state index in [1.54, 1.807) is 6.20 Å². The molecule has 0 atom stereocenters. The lowest BCUT2D eigenvalue weighted by molar-refractivity contribution is 0.0752. The van der Waals surface area contributed by atoms with Gasteiger partial charge < -0.3 is 19.9 Å². The first-order valence-corrected chi connectivity index (χ1v) is 12.3. The number of rotatable bonds is 10. The van der Waals surface area contributed by atoms with E-state index in [4.69, 9.17) is 9.47 Å². The second-order valence-electron chi connectivity index (χ2n) is 8.81. The highest BCUT2D eigenvalue weighted by molar-refractivity contribution is 5.92. The maximum absolute atomic E-state index is 9.69. The minimum Gasteiger partial charge on any atom is -0.487 e. The number of aromatic amines is 1. The Morgan fingerprint density at radius 1 is 1.11 bits per heavy atom. The zero-order valence-electron chi connectivity index (χ0n) is 20.4. The third-order valence-corrected chi connectivity index (χ3v) is 6.33. The van der Waals surface area contributed by atoms with Crippen molar-refractivity contribution in [3.8, 4) is 11.6 Å². The van der Waals surface area contributed by atoms with E-state index in [0.717, 1.165) is 61.6 Å². The second-order valence-corrected chi connectivity index (χ2v) is 8.81. The number of ether oxygens (including phenoxy) is 2. The van der Waals surface area contributed by atoms with Crippen LogP contribution in [0.3, 0.4) is 0 Å². The fourth-order valence-electron chi connectivity index (χ4n) is 4.29. The minimum absolute atomic E-state index is 0.182. The van der Waals surface area contributed by atoms with E-state index < -0.39 is 0 Å². The third kappa shape index (κ3) is 5.72. The lowest BCUT2D eigenvalue weighted by atomic mass is 10.1. The number of nitrogens with one attached hydrogen (secondary N) is 2. The minimum atomic E-state index is -0.182. The van der Waals surface area contributed by atoms with Gasteiger partial charge in [-0.25, -0.2) is 9.97 Å². The molecule has 1 saturated heterocycles. The Morgan fingerprint density at radius 2 is 2.00 bits per heavy atom. The molecule has 0 spiro atoms. The summed E-state index contributed by atoms with van der Waals surface area (Å²) in [6, 6.07) is 11.8. The summed E-state index contributed by atoms with van der Waals surface area (Å²) in [5.41, 5.74) is 3.46. The Hall–Kier alpha value is -3.76. The highest BCUT2D eigenvalue weighted by atomic mass is 16.5. The van der Waals surface area contributed by atoms with Crippen molar-refractivity contribution in [2.24, 2.45) is 0 Å². The number of fused-ring (bicyclic) bond motifs is 1. The average Bonchev–Trinajstić information content (AvgIpc) is 3.33. The smallest absolute Gasteiger partial charge is 0.246 e. The van der Waals surface area contributed by atoms with Crippen LogP contribution in [0.25, 0.3) is 11.0 Å². The first-order valence-electron chi connectivity index (χ1n) is 12.3. The highest BCUT2D eigenvalue weighted by Gasteiger charge is 2.18. The quantitative estimate of drug-likeness (QED) is 0.307. The molecule has 1 aromatic carbocycles. The van der Waals surface area contributed by atoms with Crippen molar-refractivity contribution in [1.29, 1.82) is 0 Å². The Kier molecular flexibility index (Phi) is 7.53. The van der Waals surface area contributed by atoms with E-state index in [1.807, 2.05) is 30.3 Å². The molecule has 1 aliphatic heterocycles. The summed E-state index contributed by atoms with van der Waals surface area (Å²) in [7, 11) is 0. The normalized spacial score (nSPS) is 14.7. The number of piperidine rings is 1. The molecule has 0 saturated carbocycles. The fourth-order valence-corrected chi connectivity index (χ4v) is 4.29. The molecular weight excluding hydrogens is 458 g/mol. The van der Waals surface area contributed by atoms with Gasteiger partial charge in [-0.3, -0.25) is 15.0 Å². The number of nitrogens with zero attached hydrogens (tertiary/aromatic N) is 5. The van der Waals surface area contributed by atoms with Crippen molar-refractivity contribution in [1.82, 2.24) is 30.0 Å². The SMILES string of the molecule is CCc1cc(Nc2ncnc3[nH]nc(OCCN4CCC(O)CC4)c23)ccc1OCc1ccccn1. The molecule has 0 aliphatic carbocycles. The van der Waals surface area contributed by atoms with Crippen LogP contribution in [0.1, 0.15) is 31.0 Å². The molecule has 36 heavy (non-hydrogen) atoms. The van der Waals surface area contributed by atoms with Crippen LogP contribution in [0.4, 0.5) is 11.5 Å². The summed E-state index contributed by atoms with van der Waals surface area (Å²) < 4.78 is 12.0. The van der Waals surface area contributed by atoms with Gasteiger partial charge in [0, 0.05) is 31.5 Å². The van der Waals surface area contributed by atoms with Crippen molar-refractivity contribution in [3.63, 3.8) is 0 Å². The summed E-state index contributed by atoms with van der Waals surface area (Å²) in [5.74, 6) is 1.92. The maximum atomic E-state index is 9.69. The monoisotopic (exact) mass is 489 g/mol. The topological polar surface area (TPSA) is 121 Å². The number of pyridine rings is 1. The van der Waals surface area contributed by atoms with Gasteiger partial charge in [0.05, 0.1) is 11.8 Å². The molecule has 3 aromatic heterocycles. The zero-order valence-corrected chi connectivity index (χ0v) is 20.4. The molecular formula is C26H31N7O3. The number of benzene rings is 1. The van der Waals surface area contributed by atoms with E-state index in [9.17, 15) is 5.11 Å². The van der Waals surface area contributed by atoms with Crippen molar-refractivity contribution >= 4 is 22.5 Å². The summed E-state index contributed by atoms with van der Waals surface area (Å²) in [6.07, 6.45) is 5.51. The van der Waals surface area contributed by atoms with Gasteiger partial charge in [0.1, 0.15) is 36.5 Å². The van der Waals surface area contributed by atoms with Crippen molar-refractivity contribution < 1.29 is 14.6 Å². The Labute approximate surface area is 209 Å². The first kappa shape index (κ1) is 24.0. The molecule has 188 valence electrons. The van der Waals surface area contributed by atoms with Crippen LogP contribution in [0, 0.1) is 0 Å². The van der Waals surface area contributed by atoms with Crippen LogP contribution >= 0.6 is 0 Å². The van der Waals surface area contributed by atoms with E-state index in [1.165, 1.54) is 6.33 Å². The van der Waals surface area contributed by atoms with Crippen molar-refractivity contribution in [2.45, 2.75) is 38.9 Å². The first-order chi connectivity index (χ1) is 17.7. The number of hydrogen-bond acceptors (Lipinski definition) is 9. The van der Waals surface area contributed by atoms with Gasteiger partial charge in [-0.05, 0) is 55.2 Å². The fraction of sp³-hybridized carbons (Fsp3) is 0.385. The van der Waals surface area contributed by atoms with Crippen molar-refractivity contribution in [2.75, 3.05) is 31.6 Å². The largest absolute Gasteiger partial charge is 0.487 e. The van der Waals surface area contributed by atoms with E-state index in [2.05, 4.69) is 48.4 Å². The number of hydrogen-bond donors (Lipinski definition) is 3. The summed E-state index contributed by atoms with van der Waals surface area (Å²) in [4.78, 5) is 15.4. The van der Waals surface area contributed by atoms with Gasteiger partial charge >= 0.3 is 0 Å². The molecule has 4 aromatic rings. The Balaban J connectivity index is 1.27. The van der Waals surface area contributed by atoms with Gasteiger partial charge in [0.15, 0.2) is 5.65 Å². The summed E-state index contributed by atoms with van der Waals surface area (Å²) in [5, 5.41) is 21.1. The number of aliphatic hydroxyl groups excluding tert-OH is 1. The predicted molar refractivity (Wildman–Crippen MR) is 137 cm³/mol. The molecule has 10 nitrogen and oxygen atoms in total. The van der Waals surface area contributed by atoms with E-state index in [-0.39, 0.29) is 6.10 Å². The van der Waals surface area contributed by atoms with E-state index >= 15 is 0 Å². The molecule has 0 unspecified atom stereocenters. The predicted octanol–water partition coefficient (Wildman–Crippen LogP) is 3.47. The Morgan fingerprint density at radius 3 is 2.81 bits per heavy atom. The van der Waals surface area contributed by atoms with Crippen LogP contribution < -0.4 is 14.8 Å². The number of likely N-dealkylation sites (tertiary alicyclic amines) is 1. The van der Waals surface area contributed by atoms with Crippen LogP contribution in [-0.2, 0) is 13.0 Å². The number of anilines is 2. The van der Waals surface area contributed by atoms with Gasteiger partial charge in [0.2, 0.25) is 5.88 Å². The molecule has 1 aliphatic rings. The number of aryl methyl sites for hydroxylation is 1. The molecule has 4 heterocycles. The lowest BCUT2D eigenvalue weighted by Gasteiger charge is -2.29. The summed E-state index contributed by atoms with van der Waals surface area (Å²) in [6.45, 7) is 5.54. The molecule has 1 fully saturated rings. The maximum Gasteiger partial charge on any atom is 0.246 e. The zero-order chi connectivity index (χ0) is 24.7. The molecule has 0 bridgehead atoms. The van der Waals surface area contributed by atoms with Gasteiger partial charge in [-0.2, -0.15) is 0 Å². The highest BCUT2D eigenvalue weighted by Crippen LogP contribution is 2.31. The second kappa shape index (κ2) is 11.3. The van der Waals surface area contributed by atoms with Crippen LogP contribution in [0.2, 0.25) is 0 Å². The van der Waals surface area contributed by atoms with Crippen LogP contribution in [0.5, 0.6) is 11.6 Å². The van der Waals surface area contributed by atoms with Gasteiger partial charge in [-0.1, -0.05) is 13.0 Å². The van der Waals surface area contributed by atoms with Crippen molar-refractivity contribution in [3.05, 3.63) is 60.2 Å². The number of H-pyrrole nitrogens is 1. The van der Waals surface area contributed by atoms with E-state index in [0.29, 0.717) is 35.9 Å².